The second-order valence-electron chi connectivity index (χ2n) is 0. The van der Waals surface area contributed by atoms with Gasteiger partial charge in [-0.2, -0.15) is 0 Å². The average Bonchev–Trinajstić information content (AvgIpc) is 0. The standard InChI is InChI=1S/Ag.5HI.Rb/h;5*1H;/q+1;;;;;;+1/p-2. The molecule has 0 radical (unpaired) electrons. The van der Waals surface area contributed by atoms with Gasteiger partial charge in [0.25, 0.3) is 0 Å². The monoisotopic (exact) mass is 829 g/mol. The molecule has 0 aromatic heterocycles. The smallest absolute Gasteiger partial charge is 1.00 e. The summed E-state index contributed by atoms with van der Waals surface area (Å²) in [5.41, 5.74) is 0. The molecule has 0 atom stereocenters. The van der Waals surface area contributed by atoms with E-state index in [1.54, 1.807) is 0 Å². The molecule has 0 spiro atoms. The SMILES string of the molecule is I.I.I.[Ag+].[I-].[I-].[Rb+]. The molecule has 0 bridgehead atoms. The average molecular weight is 831 g/mol. The van der Waals surface area contributed by atoms with Crippen LogP contribution >= 0.6 is 71.9 Å². The summed E-state index contributed by atoms with van der Waals surface area (Å²) < 4.78 is 0. The summed E-state index contributed by atoms with van der Waals surface area (Å²) in [4.78, 5) is 0. The van der Waals surface area contributed by atoms with Gasteiger partial charge in [0.15, 0.2) is 0 Å². The Morgan fingerprint density at radius 3 is 0.571 bits per heavy atom. The Morgan fingerprint density at radius 2 is 0.571 bits per heavy atom. The fourth-order valence-electron chi connectivity index (χ4n) is 0. The molecule has 0 heterocycles. The molecule has 0 saturated carbocycles. The molecule has 0 N–H and O–H groups in total. The molecule has 0 aliphatic carbocycles. The first-order chi connectivity index (χ1) is 0. The van der Waals surface area contributed by atoms with Crippen molar-refractivity contribution in [1.29, 1.82) is 0 Å². The summed E-state index contributed by atoms with van der Waals surface area (Å²) in [7, 11) is 0. The molecule has 0 aromatic carbocycles. The van der Waals surface area contributed by atoms with Crippen molar-refractivity contribution >= 4 is 71.9 Å². The third-order valence-electron chi connectivity index (χ3n) is 0. The van der Waals surface area contributed by atoms with E-state index in [2.05, 4.69) is 0 Å². The van der Waals surface area contributed by atoms with E-state index >= 15 is 0 Å². The van der Waals surface area contributed by atoms with Crippen molar-refractivity contribution < 1.29 is 129 Å². The van der Waals surface area contributed by atoms with Crippen LogP contribution < -0.4 is 106 Å². The molecule has 0 aromatic rings. The first-order valence-corrected chi connectivity index (χ1v) is 0. The van der Waals surface area contributed by atoms with E-state index in [1.807, 2.05) is 0 Å². The van der Waals surface area contributed by atoms with Crippen LogP contribution in [0.15, 0.2) is 0 Å². The van der Waals surface area contributed by atoms with Crippen molar-refractivity contribution in [2.24, 2.45) is 0 Å². The zero-order valence-corrected chi connectivity index (χ0v) is 21.0. The maximum atomic E-state index is 0. The van der Waals surface area contributed by atoms with E-state index in [4.69, 9.17) is 0 Å². The maximum Gasteiger partial charge on any atom is 1.00 e. The van der Waals surface area contributed by atoms with Crippen LogP contribution in [0.25, 0.3) is 0 Å². The van der Waals surface area contributed by atoms with Crippen LogP contribution in [0.4, 0.5) is 0 Å². The Hall–Kier alpha value is 6.20. The molecule has 0 saturated heterocycles. The molecule has 0 aliphatic heterocycles. The fraction of sp³-hybridized carbons (Fsp3) is 0. The van der Waals surface area contributed by atoms with Gasteiger partial charge in [-0.05, 0) is 0 Å². The third kappa shape index (κ3) is 33.0. The van der Waals surface area contributed by atoms with Crippen molar-refractivity contribution in [3.8, 4) is 0 Å². The van der Waals surface area contributed by atoms with Crippen LogP contribution in [0, 0.1) is 0 Å². The third-order valence-corrected chi connectivity index (χ3v) is 0. The first kappa shape index (κ1) is 51.1. The van der Waals surface area contributed by atoms with Crippen molar-refractivity contribution in [2.75, 3.05) is 0 Å². The van der Waals surface area contributed by atoms with Crippen LogP contribution in [0.3, 0.4) is 0 Å². The van der Waals surface area contributed by atoms with Gasteiger partial charge in [0.1, 0.15) is 0 Å². The fourth-order valence-corrected chi connectivity index (χ4v) is 0. The van der Waals surface area contributed by atoms with Crippen LogP contribution in [0.2, 0.25) is 0 Å². The van der Waals surface area contributed by atoms with E-state index in [0.717, 1.165) is 0 Å². The Balaban J connectivity index is 0. The first-order valence-electron chi connectivity index (χ1n) is 0. The van der Waals surface area contributed by atoms with Gasteiger partial charge in [0.05, 0.1) is 0 Å². The minimum atomic E-state index is 0. The second kappa shape index (κ2) is 39.8. The summed E-state index contributed by atoms with van der Waals surface area (Å²) in [5.74, 6) is 0. The van der Waals surface area contributed by atoms with Gasteiger partial charge in [-0.3, -0.25) is 0 Å². The van der Waals surface area contributed by atoms with Crippen LogP contribution in [0.1, 0.15) is 0 Å². The Kier molecular flexibility index (Phi) is 291. The number of halogens is 5. The van der Waals surface area contributed by atoms with Crippen molar-refractivity contribution in [2.45, 2.75) is 0 Å². The molecular weight excluding hydrogens is 828 g/mol. The van der Waals surface area contributed by atoms with E-state index in [1.165, 1.54) is 0 Å². The molecular formula is H3AgI5Rb. The number of hydrogen-bond acceptors (Lipinski definition) is 0. The summed E-state index contributed by atoms with van der Waals surface area (Å²) in [6.45, 7) is 0. The van der Waals surface area contributed by atoms with Gasteiger partial charge in [0.2, 0.25) is 0 Å². The van der Waals surface area contributed by atoms with Crippen molar-refractivity contribution in [3.63, 3.8) is 0 Å². The zero-order chi connectivity index (χ0) is 0. The van der Waals surface area contributed by atoms with E-state index < -0.39 is 0 Å². The number of rotatable bonds is 0. The molecule has 0 unspecified atom stereocenters. The van der Waals surface area contributed by atoms with Crippen LogP contribution in [0.5, 0.6) is 0 Å². The largest absolute Gasteiger partial charge is 1.00 e. The summed E-state index contributed by atoms with van der Waals surface area (Å²) >= 11 is 0. The topological polar surface area (TPSA) is 0 Å². The predicted molar refractivity (Wildman–Crippen MR) is 46.2 cm³/mol. The molecule has 0 nitrogen and oxygen atoms in total. The van der Waals surface area contributed by atoms with Crippen LogP contribution in [-0.4, -0.2) is 0 Å². The van der Waals surface area contributed by atoms with E-state index in [9.17, 15) is 0 Å². The minimum absolute atomic E-state index is 0. The van der Waals surface area contributed by atoms with Gasteiger partial charge in [0, 0.05) is 0 Å². The van der Waals surface area contributed by atoms with E-state index in [0.29, 0.717) is 0 Å². The Bertz CT molecular complexity index is 8.04. The van der Waals surface area contributed by atoms with Gasteiger partial charge < -0.3 is 48.0 Å². The van der Waals surface area contributed by atoms with Crippen molar-refractivity contribution in [1.82, 2.24) is 0 Å². The molecule has 0 aliphatic rings. The Labute approximate surface area is 194 Å². The normalized spacial score (nSPS) is 0. The molecule has 7 heteroatoms. The minimum Gasteiger partial charge on any atom is -1.00 e. The number of hydrogen-bond donors (Lipinski definition) is 0. The summed E-state index contributed by atoms with van der Waals surface area (Å²) in [6.07, 6.45) is 0. The molecule has 0 fully saturated rings. The molecule has 7 heavy (non-hydrogen) atoms. The predicted octanol–water partition coefficient (Wildman–Crippen LogP) is -7.14. The molecule has 0 amide bonds. The van der Waals surface area contributed by atoms with Gasteiger partial charge in [-0.15, -0.1) is 71.9 Å². The molecule has 50 valence electrons. The maximum absolute atomic E-state index is 0. The zero-order valence-electron chi connectivity index (χ0n) is 3.28. The van der Waals surface area contributed by atoms with Crippen molar-refractivity contribution in [3.05, 3.63) is 0 Å². The summed E-state index contributed by atoms with van der Waals surface area (Å²) in [5, 5.41) is 0. The Morgan fingerprint density at radius 1 is 0.571 bits per heavy atom. The summed E-state index contributed by atoms with van der Waals surface area (Å²) in [6, 6.07) is 0. The van der Waals surface area contributed by atoms with Gasteiger partial charge in [-0.1, -0.05) is 0 Å². The van der Waals surface area contributed by atoms with E-state index in [-0.39, 0.29) is 200 Å². The second-order valence-corrected chi connectivity index (χ2v) is 0. The molecule has 0 rings (SSSR count). The van der Waals surface area contributed by atoms with Crippen LogP contribution in [-0.2, 0) is 22.4 Å². The quantitative estimate of drug-likeness (QED) is 0.169. The van der Waals surface area contributed by atoms with Gasteiger partial charge in [-0.25, -0.2) is 0 Å². The van der Waals surface area contributed by atoms with Gasteiger partial charge >= 0.3 is 80.6 Å².